The first-order valence-corrected chi connectivity index (χ1v) is 7.94. The number of halogens is 1. The molecule has 3 aromatic rings. The van der Waals surface area contributed by atoms with E-state index in [1.54, 1.807) is 6.07 Å². The van der Waals surface area contributed by atoms with E-state index in [2.05, 4.69) is 10.2 Å². The molecule has 7 heteroatoms. The van der Waals surface area contributed by atoms with Crippen LogP contribution in [-0.2, 0) is 6.42 Å². The average Bonchev–Trinajstić information content (AvgIpc) is 3.25. The highest BCUT2D eigenvalue weighted by Gasteiger charge is 2.16. The van der Waals surface area contributed by atoms with Gasteiger partial charge in [0.05, 0.1) is 5.69 Å². The minimum Gasteiger partial charge on any atom is -0.476 e. The molecule has 1 aromatic heterocycles. The van der Waals surface area contributed by atoms with Crippen molar-refractivity contribution in [2.45, 2.75) is 6.42 Å². The van der Waals surface area contributed by atoms with Crippen LogP contribution >= 0.6 is 11.6 Å². The molecular formula is C18H13ClN2O4. The monoisotopic (exact) mass is 356 g/mol. The topological polar surface area (TPSA) is 84.4 Å². The fourth-order valence-corrected chi connectivity index (χ4v) is 2.92. The molecule has 0 fully saturated rings. The summed E-state index contributed by atoms with van der Waals surface area (Å²) < 4.78 is 10.7. The number of aromatic carboxylic acids is 1. The lowest BCUT2D eigenvalue weighted by atomic mass is 10.0. The van der Waals surface area contributed by atoms with Crippen LogP contribution in [0.2, 0.25) is 5.02 Å². The van der Waals surface area contributed by atoms with E-state index >= 15 is 0 Å². The SMILES string of the molecule is O=C(O)c1cc(-c2ccc(Cc3cc4c(cc3Cl)OCO4)cc2)[nH]n1. The molecule has 0 unspecified atom stereocenters. The van der Waals surface area contributed by atoms with Gasteiger partial charge in [0.25, 0.3) is 0 Å². The van der Waals surface area contributed by atoms with Crippen LogP contribution in [0.25, 0.3) is 11.3 Å². The molecule has 2 aromatic carbocycles. The number of aromatic nitrogens is 2. The minimum atomic E-state index is -1.06. The Morgan fingerprint density at radius 1 is 1.16 bits per heavy atom. The molecule has 25 heavy (non-hydrogen) atoms. The molecule has 126 valence electrons. The first kappa shape index (κ1) is 15.5. The molecule has 0 aliphatic carbocycles. The predicted octanol–water partition coefficient (Wildman–Crippen LogP) is 3.75. The fourth-order valence-electron chi connectivity index (χ4n) is 2.70. The van der Waals surface area contributed by atoms with Gasteiger partial charge in [0.1, 0.15) is 0 Å². The fraction of sp³-hybridized carbons (Fsp3) is 0.111. The zero-order valence-corrected chi connectivity index (χ0v) is 13.7. The molecule has 1 aliphatic heterocycles. The van der Waals surface area contributed by atoms with Crippen molar-refractivity contribution in [1.82, 2.24) is 10.2 Å². The van der Waals surface area contributed by atoms with E-state index in [0.29, 0.717) is 28.6 Å². The first-order valence-electron chi connectivity index (χ1n) is 7.56. The zero-order valence-electron chi connectivity index (χ0n) is 13.0. The summed E-state index contributed by atoms with van der Waals surface area (Å²) in [5.41, 5.74) is 3.53. The third-order valence-corrected chi connectivity index (χ3v) is 4.35. The molecule has 4 rings (SSSR count). The Morgan fingerprint density at radius 2 is 1.88 bits per heavy atom. The van der Waals surface area contributed by atoms with Crippen molar-refractivity contribution in [1.29, 1.82) is 0 Å². The summed E-state index contributed by atoms with van der Waals surface area (Å²) in [7, 11) is 0. The molecular weight excluding hydrogens is 344 g/mol. The van der Waals surface area contributed by atoms with E-state index in [9.17, 15) is 4.79 Å². The van der Waals surface area contributed by atoms with Gasteiger partial charge in [-0.15, -0.1) is 0 Å². The van der Waals surface area contributed by atoms with Crippen molar-refractivity contribution < 1.29 is 19.4 Å². The predicted molar refractivity (Wildman–Crippen MR) is 91.4 cm³/mol. The van der Waals surface area contributed by atoms with E-state index in [0.717, 1.165) is 16.7 Å². The first-order chi connectivity index (χ1) is 12.1. The number of ether oxygens (including phenoxy) is 2. The van der Waals surface area contributed by atoms with Crippen molar-refractivity contribution in [3.63, 3.8) is 0 Å². The van der Waals surface area contributed by atoms with Crippen LogP contribution in [0.1, 0.15) is 21.6 Å². The second kappa shape index (κ2) is 6.14. The van der Waals surface area contributed by atoms with Crippen LogP contribution in [0.3, 0.4) is 0 Å². The van der Waals surface area contributed by atoms with Gasteiger partial charge >= 0.3 is 5.97 Å². The largest absolute Gasteiger partial charge is 0.476 e. The van der Waals surface area contributed by atoms with E-state index < -0.39 is 5.97 Å². The molecule has 2 N–H and O–H groups in total. The summed E-state index contributed by atoms with van der Waals surface area (Å²) in [5, 5.41) is 16.1. The summed E-state index contributed by atoms with van der Waals surface area (Å²) in [6.07, 6.45) is 0.652. The summed E-state index contributed by atoms with van der Waals surface area (Å²) in [4.78, 5) is 10.9. The maximum atomic E-state index is 10.9. The Hall–Kier alpha value is -2.99. The molecule has 6 nitrogen and oxygen atoms in total. The molecule has 0 bridgehead atoms. The Balaban J connectivity index is 1.55. The van der Waals surface area contributed by atoms with Crippen LogP contribution in [0, 0.1) is 0 Å². The number of benzene rings is 2. The lowest BCUT2D eigenvalue weighted by Gasteiger charge is -2.07. The van der Waals surface area contributed by atoms with Crippen LogP contribution in [-0.4, -0.2) is 28.1 Å². The summed E-state index contributed by atoms with van der Waals surface area (Å²) in [5.74, 6) is 0.309. The third kappa shape index (κ3) is 3.04. The molecule has 0 saturated heterocycles. The normalized spacial score (nSPS) is 12.4. The lowest BCUT2D eigenvalue weighted by Crippen LogP contribution is -1.95. The van der Waals surface area contributed by atoms with Crippen molar-refractivity contribution >= 4 is 17.6 Å². The second-order valence-electron chi connectivity index (χ2n) is 5.64. The van der Waals surface area contributed by atoms with Crippen molar-refractivity contribution in [3.8, 4) is 22.8 Å². The number of H-pyrrole nitrogens is 1. The van der Waals surface area contributed by atoms with Gasteiger partial charge in [-0.05, 0) is 35.2 Å². The Morgan fingerprint density at radius 3 is 2.56 bits per heavy atom. The van der Waals surface area contributed by atoms with Crippen LogP contribution < -0.4 is 9.47 Å². The average molecular weight is 357 g/mol. The molecule has 0 amide bonds. The van der Waals surface area contributed by atoms with Crippen molar-refractivity contribution in [2.24, 2.45) is 0 Å². The number of fused-ring (bicyclic) bond motifs is 1. The van der Waals surface area contributed by atoms with Gasteiger partial charge in [-0.1, -0.05) is 35.9 Å². The molecule has 2 heterocycles. The van der Waals surface area contributed by atoms with Gasteiger partial charge in [-0.3, -0.25) is 5.10 Å². The molecule has 0 atom stereocenters. The number of carboxylic acid groups (broad SMARTS) is 1. The Kier molecular flexibility index (Phi) is 3.82. The van der Waals surface area contributed by atoms with Crippen LogP contribution in [0.5, 0.6) is 11.5 Å². The Bertz CT molecular complexity index is 950. The van der Waals surface area contributed by atoms with Crippen LogP contribution in [0.15, 0.2) is 42.5 Å². The van der Waals surface area contributed by atoms with Gasteiger partial charge in [0, 0.05) is 11.1 Å². The molecule has 0 saturated carbocycles. The van der Waals surface area contributed by atoms with Crippen molar-refractivity contribution in [3.05, 3.63) is 64.3 Å². The summed E-state index contributed by atoms with van der Waals surface area (Å²) in [6, 6.07) is 12.9. The van der Waals surface area contributed by atoms with Gasteiger partial charge in [0.15, 0.2) is 17.2 Å². The number of aromatic amines is 1. The van der Waals surface area contributed by atoms with Gasteiger partial charge < -0.3 is 14.6 Å². The number of carbonyl (C=O) groups is 1. The van der Waals surface area contributed by atoms with Crippen LogP contribution in [0.4, 0.5) is 0 Å². The lowest BCUT2D eigenvalue weighted by molar-refractivity contribution is 0.0690. The van der Waals surface area contributed by atoms with Gasteiger partial charge in [0.2, 0.25) is 6.79 Å². The summed E-state index contributed by atoms with van der Waals surface area (Å²) in [6.45, 7) is 0.215. The third-order valence-electron chi connectivity index (χ3n) is 4.00. The van der Waals surface area contributed by atoms with Gasteiger partial charge in [-0.2, -0.15) is 5.10 Å². The molecule has 0 radical (unpaired) electrons. The highest BCUT2D eigenvalue weighted by Crippen LogP contribution is 2.37. The second-order valence-corrected chi connectivity index (χ2v) is 6.05. The standard InChI is InChI=1S/C18H13ClN2O4/c19-13-7-17-16(24-9-25-17)6-12(13)5-10-1-3-11(4-2-10)14-8-15(18(22)23)21-20-14/h1-4,6-8H,5,9H2,(H,20,21)(H,22,23). The number of rotatable bonds is 4. The Labute approximate surface area is 148 Å². The van der Waals surface area contributed by atoms with E-state index in [4.69, 9.17) is 26.2 Å². The zero-order chi connectivity index (χ0) is 17.4. The quantitative estimate of drug-likeness (QED) is 0.743. The highest BCUT2D eigenvalue weighted by molar-refractivity contribution is 6.31. The van der Waals surface area contributed by atoms with E-state index in [1.807, 2.05) is 30.3 Å². The van der Waals surface area contributed by atoms with E-state index in [-0.39, 0.29) is 12.5 Å². The smallest absolute Gasteiger partial charge is 0.356 e. The number of nitrogens with one attached hydrogen (secondary N) is 1. The minimum absolute atomic E-state index is 0.00813. The maximum absolute atomic E-state index is 10.9. The van der Waals surface area contributed by atoms with Crippen molar-refractivity contribution in [2.75, 3.05) is 6.79 Å². The molecule has 0 spiro atoms. The number of carboxylic acids is 1. The summed E-state index contributed by atoms with van der Waals surface area (Å²) >= 11 is 6.31. The number of nitrogens with zero attached hydrogens (tertiary/aromatic N) is 1. The van der Waals surface area contributed by atoms with Gasteiger partial charge in [-0.25, -0.2) is 4.79 Å². The molecule has 1 aliphatic rings. The number of hydrogen-bond donors (Lipinski definition) is 2. The number of hydrogen-bond acceptors (Lipinski definition) is 4. The maximum Gasteiger partial charge on any atom is 0.356 e. The van der Waals surface area contributed by atoms with E-state index in [1.165, 1.54) is 6.07 Å². The highest BCUT2D eigenvalue weighted by atomic mass is 35.5.